The Morgan fingerprint density at radius 1 is 1.33 bits per heavy atom. The third kappa shape index (κ3) is 3.99. The fraction of sp³-hybridized carbons (Fsp3) is 0.462. The van der Waals surface area contributed by atoms with Crippen LogP contribution in [-0.4, -0.2) is 28.6 Å². The van der Waals surface area contributed by atoms with E-state index in [1.54, 1.807) is 13.8 Å². The minimum Gasteiger partial charge on any atom is -0.386 e. The van der Waals surface area contributed by atoms with E-state index in [-0.39, 0.29) is 17.0 Å². The quantitative estimate of drug-likeness (QED) is 0.862. The maximum atomic E-state index is 12.8. The summed E-state index contributed by atoms with van der Waals surface area (Å²) in [7, 11) is 0. The van der Waals surface area contributed by atoms with Crippen molar-refractivity contribution in [3.8, 4) is 0 Å². The summed E-state index contributed by atoms with van der Waals surface area (Å²) in [6, 6.07) is 5.19. The monoisotopic (exact) mass is 271 g/mol. The van der Waals surface area contributed by atoms with Gasteiger partial charge in [0.05, 0.1) is 17.4 Å². The van der Waals surface area contributed by atoms with E-state index >= 15 is 0 Å². The average Bonchev–Trinajstić information content (AvgIpc) is 2.37. The first-order chi connectivity index (χ1) is 8.45. The molecule has 5 heteroatoms. The Kier molecular flexibility index (Phi) is 5.62. The van der Waals surface area contributed by atoms with Crippen LogP contribution in [0.5, 0.6) is 0 Å². The number of thioether (sulfide) groups is 1. The van der Waals surface area contributed by atoms with Gasteiger partial charge in [-0.2, -0.15) is 11.8 Å². The van der Waals surface area contributed by atoms with Crippen LogP contribution in [-0.2, 0) is 4.79 Å². The zero-order chi connectivity index (χ0) is 13.7. The molecule has 0 bridgehead atoms. The Hall–Kier alpha value is -1.07. The number of carbonyl (C=O) groups excluding carboxylic acids is 1. The molecule has 0 aliphatic heterocycles. The van der Waals surface area contributed by atoms with Crippen molar-refractivity contribution in [3.05, 3.63) is 35.6 Å². The number of amides is 1. The third-order valence-corrected chi connectivity index (χ3v) is 3.70. The van der Waals surface area contributed by atoms with E-state index in [0.717, 1.165) is 0 Å². The molecular formula is C13H18FNO2S. The number of carbonyl (C=O) groups is 1. The van der Waals surface area contributed by atoms with Gasteiger partial charge in [-0.3, -0.25) is 4.79 Å². The Balaban J connectivity index is 2.64. The zero-order valence-electron chi connectivity index (χ0n) is 10.7. The van der Waals surface area contributed by atoms with Gasteiger partial charge >= 0.3 is 0 Å². The highest BCUT2D eigenvalue weighted by Gasteiger charge is 2.20. The van der Waals surface area contributed by atoms with Crippen LogP contribution in [0.3, 0.4) is 0 Å². The summed E-state index contributed by atoms with van der Waals surface area (Å²) >= 11 is 1.44. The van der Waals surface area contributed by atoms with Crippen molar-refractivity contribution in [2.24, 2.45) is 0 Å². The predicted octanol–water partition coefficient (Wildman–Crippen LogP) is 2.12. The fourth-order valence-corrected chi connectivity index (χ4v) is 1.76. The van der Waals surface area contributed by atoms with Gasteiger partial charge in [-0.1, -0.05) is 12.1 Å². The molecule has 0 saturated heterocycles. The summed E-state index contributed by atoms with van der Waals surface area (Å²) in [5.41, 5.74) is 0.584. The Morgan fingerprint density at radius 3 is 2.39 bits per heavy atom. The molecule has 0 fully saturated rings. The first kappa shape index (κ1) is 15.0. The topological polar surface area (TPSA) is 49.3 Å². The fourth-order valence-electron chi connectivity index (χ4n) is 1.48. The summed E-state index contributed by atoms with van der Waals surface area (Å²) in [5.74, 6) is -0.463. The average molecular weight is 271 g/mol. The molecule has 0 radical (unpaired) electrons. The molecule has 2 N–H and O–H groups in total. The molecule has 3 unspecified atom stereocenters. The Labute approximate surface area is 111 Å². The van der Waals surface area contributed by atoms with Crippen molar-refractivity contribution in [2.75, 3.05) is 6.26 Å². The molecule has 0 spiro atoms. The molecule has 0 saturated carbocycles. The van der Waals surface area contributed by atoms with E-state index in [0.29, 0.717) is 5.56 Å². The highest BCUT2D eigenvalue weighted by molar-refractivity contribution is 7.99. The van der Waals surface area contributed by atoms with Gasteiger partial charge in [0.2, 0.25) is 5.91 Å². The Bertz CT molecular complexity index is 396. The SMILES string of the molecule is CSC(C)C(=O)NC(C)C(O)c1ccc(F)cc1. The number of nitrogens with one attached hydrogen (secondary N) is 1. The second kappa shape index (κ2) is 6.75. The van der Waals surface area contributed by atoms with Gasteiger partial charge in [0, 0.05) is 0 Å². The smallest absolute Gasteiger partial charge is 0.233 e. The van der Waals surface area contributed by atoms with Crippen LogP contribution in [0.15, 0.2) is 24.3 Å². The number of benzene rings is 1. The molecule has 0 aliphatic carbocycles. The lowest BCUT2D eigenvalue weighted by Gasteiger charge is -2.22. The number of aliphatic hydroxyl groups is 1. The number of rotatable bonds is 5. The van der Waals surface area contributed by atoms with E-state index in [1.165, 1.54) is 36.0 Å². The van der Waals surface area contributed by atoms with Crippen LogP contribution in [0, 0.1) is 5.82 Å². The maximum absolute atomic E-state index is 12.8. The normalized spacial score (nSPS) is 15.8. The predicted molar refractivity (Wildman–Crippen MR) is 71.9 cm³/mol. The van der Waals surface area contributed by atoms with Gasteiger partial charge in [-0.05, 0) is 37.8 Å². The number of aliphatic hydroxyl groups excluding tert-OH is 1. The van der Waals surface area contributed by atoms with E-state index in [4.69, 9.17) is 0 Å². The minimum absolute atomic E-state index is 0.115. The van der Waals surface area contributed by atoms with Crippen molar-refractivity contribution >= 4 is 17.7 Å². The first-order valence-corrected chi connectivity index (χ1v) is 7.01. The first-order valence-electron chi connectivity index (χ1n) is 5.72. The van der Waals surface area contributed by atoms with Crippen molar-refractivity contribution < 1.29 is 14.3 Å². The van der Waals surface area contributed by atoms with Crippen molar-refractivity contribution in [1.82, 2.24) is 5.32 Å². The van der Waals surface area contributed by atoms with Crippen LogP contribution in [0.1, 0.15) is 25.5 Å². The summed E-state index contributed by atoms with van der Waals surface area (Å²) < 4.78 is 12.8. The zero-order valence-corrected chi connectivity index (χ0v) is 11.5. The second-order valence-electron chi connectivity index (χ2n) is 4.17. The van der Waals surface area contributed by atoms with Crippen LogP contribution in [0.25, 0.3) is 0 Å². The van der Waals surface area contributed by atoms with Gasteiger partial charge in [0.15, 0.2) is 0 Å². The molecule has 18 heavy (non-hydrogen) atoms. The van der Waals surface area contributed by atoms with Crippen molar-refractivity contribution in [1.29, 1.82) is 0 Å². The highest BCUT2D eigenvalue weighted by Crippen LogP contribution is 2.17. The van der Waals surface area contributed by atoms with Crippen LogP contribution in [0.2, 0.25) is 0 Å². The van der Waals surface area contributed by atoms with Gasteiger partial charge in [0.1, 0.15) is 5.82 Å². The van der Waals surface area contributed by atoms with Gasteiger partial charge in [-0.15, -0.1) is 0 Å². The summed E-state index contributed by atoms with van der Waals surface area (Å²) in [4.78, 5) is 11.7. The van der Waals surface area contributed by atoms with Crippen molar-refractivity contribution in [3.63, 3.8) is 0 Å². The molecule has 1 rings (SSSR count). The summed E-state index contributed by atoms with van der Waals surface area (Å²) in [6.45, 7) is 3.52. The van der Waals surface area contributed by atoms with Crippen LogP contribution < -0.4 is 5.32 Å². The minimum atomic E-state index is -0.844. The summed E-state index contributed by atoms with van der Waals surface area (Å²) in [5, 5.41) is 12.6. The van der Waals surface area contributed by atoms with Gasteiger partial charge in [-0.25, -0.2) is 4.39 Å². The largest absolute Gasteiger partial charge is 0.386 e. The van der Waals surface area contributed by atoms with Gasteiger partial charge in [0.25, 0.3) is 0 Å². The van der Waals surface area contributed by atoms with Crippen molar-refractivity contribution in [2.45, 2.75) is 31.2 Å². The number of hydrogen-bond donors (Lipinski definition) is 2. The highest BCUT2D eigenvalue weighted by atomic mass is 32.2. The standard InChI is InChI=1S/C13H18FNO2S/c1-8(15-13(17)9(2)18-3)12(16)10-4-6-11(14)7-5-10/h4-9,12,16H,1-3H3,(H,15,17). The number of hydrogen-bond acceptors (Lipinski definition) is 3. The molecule has 1 aromatic rings. The molecular weight excluding hydrogens is 253 g/mol. The second-order valence-corrected chi connectivity index (χ2v) is 5.35. The third-order valence-electron chi connectivity index (χ3n) is 2.78. The molecule has 0 aliphatic rings. The molecule has 3 atom stereocenters. The lowest BCUT2D eigenvalue weighted by atomic mass is 10.0. The van der Waals surface area contributed by atoms with E-state index in [2.05, 4.69) is 5.32 Å². The molecule has 0 heterocycles. The molecule has 0 aromatic heterocycles. The number of halogens is 1. The van der Waals surface area contributed by atoms with E-state index < -0.39 is 12.1 Å². The lowest BCUT2D eigenvalue weighted by Crippen LogP contribution is -2.40. The van der Waals surface area contributed by atoms with Crippen LogP contribution in [0.4, 0.5) is 4.39 Å². The van der Waals surface area contributed by atoms with Gasteiger partial charge < -0.3 is 10.4 Å². The van der Waals surface area contributed by atoms with Crippen LogP contribution >= 0.6 is 11.8 Å². The maximum Gasteiger partial charge on any atom is 0.233 e. The summed E-state index contributed by atoms with van der Waals surface area (Å²) in [6.07, 6.45) is 1.01. The molecule has 3 nitrogen and oxygen atoms in total. The molecule has 1 aromatic carbocycles. The van der Waals surface area contributed by atoms with E-state index in [1.807, 2.05) is 6.26 Å². The molecule has 100 valence electrons. The lowest BCUT2D eigenvalue weighted by molar-refractivity contribution is -0.121. The molecule has 1 amide bonds. The van der Waals surface area contributed by atoms with E-state index in [9.17, 15) is 14.3 Å². The Morgan fingerprint density at radius 2 is 1.89 bits per heavy atom.